The van der Waals surface area contributed by atoms with Crippen LogP contribution in [0.2, 0.25) is 0 Å². The number of likely N-dealkylation sites (tertiary alicyclic amines) is 1. The minimum Gasteiger partial charge on any atom is -0.493 e. The van der Waals surface area contributed by atoms with Gasteiger partial charge in [-0.1, -0.05) is 43.7 Å². The Morgan fingerprint density at radius 1 is 1.15 bits per heavy atom. The Kier molecular flexibility index (Phi) is 6.74. The van der Waals surface area contributed by atoms with Crippen LogP contribution in [0.1, 0.15) is 48.5 Å². The van der Waals surface area contributed by atoms with Crippen molar-refractivity contribution >= 4 is 5.91 Å². The fourth-order valence-electron chi connectivity index (χ4n) is 3.61. The lowest BCUT2D eigenvalue weighted by Gasteiger charge is -2.25. The van der Waals surface area contributed by atoms with Crippen molar-refractivity contribution < 1.29 is 14.3 Å². The quantitative estimate of drug-likeness (QED) is 0.634. The van der Waals surface area contributed by atoms with Crippen molar-refractivity contribution in [2.45, 2.75) is 45.1 Å². The van der Waals surface area contributed by atoms with Crippen LogP contribution in [0, 0.1) is 0 Å². The van der Waals surface area contributed by atoms with Crippen LogP contribution < -0.4 is 9.47 Å². The molecule has 1 unspecified atom stereocenters. The molecule has 2 aromatic rings. The summed E-state index contributed by atoms with van der Waals surface area (Å²) in [6.45, 7) is 3.60. The van der Waals surface area contributed by atoms with Crippen molar-refractivity contribution in [1.82, 2.24) is 4.90 Å². The highest BCUT2D eigenvalue weighted by molar-refractivity contribution is 5.95. The Balaban J connectivity index is 1.72. The summed E-state index contributed by atoms with van der Waals surface area (Å²) >= 11 is 0. The van der Waals surface area contributed by atoms with Gasteiger partial charge in [0.1, 0.15) is 0 Å². The molecule has 0 bridgehead atoms. The average Bonchev–Trinajstić information content (AvgIpc) is 3.16. The zero-order valence-electron chi connectivity index (χ0n) is 16.3. The summed E-state index contributed by atoms with van der Waals surface area (Å²) in [6, 6.07) is 16.2. The predicted octanol–water partition coefficient (Wildman–Crippen LogP) is 4.72. The standard InChI is InChI=1S/C23H29NO3/c1-3-4-15-27-21-13-12-19(17-22(21)26-2)23(25)24-14-8-11-20(24)16-18-9-6-5-7-10-18/h5-7,9-10,12-13,17,20H,3-4,8,11,14-16H2,1-2H3. The summed E-state index contributed by atoms with van der Waals surface area (Å²) in [7, 11) is 1.62. The van der Waals surface area contributed by atoms with Crippen LogP contribution in [0.25, 0.3) is 0 Å². The number of carbonyl (C=O) groups excluding carboxylic acids is 1. The Bertz CT molecular complexity index is 745. The second-order valence-corrected chi connectivity index (χ2v) is 7.05. The van der Waals surface area contributed by atoms with E-state index in [1.54, 1.807) is 7.11 Å². The van der Waals surface area contributed by atoms with Crippen molar-refractivity contribution in [2.75, 3.05) is 20.3 Å². The van der Waals surface area contributed by atoms with E-state index in [-0.39, 0.29) is 11.9 Å². The Labute approximate surface area is 162 Å². The predicted molar refractivity (Wildman–Crippen MR) is 108 cm³/mol. The maximum atomic E-state index is 13.1. The smallest absolute Gasteiger partial charge is 0.254 e. The third kappa shape index (κ3) is 4.82. The number of hydrogen-bond acceptors (Lipinski definition) is 3. The normalized spacial score (nSPS) is 16.4. The van der Waals surface area contributed by atoms with Crippen LogP contribution in [0.15, 0.2) is 48.5 Å². The fraction of sp³-hybridized carbons (Fsp3) is 0.435. The van der Waals surface area contributed by atoms with Crippen LogP contribution in [0.4, 0.5) is 0 Å². The van der Waals surface area contributed by atoms with Crippen LogP contribution in [0.5, 0.6) is 11.5 Å². The van der Waals surface area contributed by atoms with Crippen molar-refractivity contribution in [3.05, 3.63) is 59.7 Å². The first kappa shape index (κ1) is 19.3. The molecule has 2 aromatic carbocycles. The van der Waals surface area contributed by atoms with E-state index < -0.39 is 0 Å². The molecule has 0 saturated carbocycles. The average molecular weight is 367 g/mol. The Hall–Kier alpha value is -2.49. The lowest BCUT2D eigenvalue weighted by Crippen LogP contribution is -2.36. The number of ether oxygens (including phenoxy) is 2. The van der Waals surface area contributed by atoms with Crippen LogP contribution in [0.3, 0.4) is 0 Å². The van der Waals surface area contributed by atoms with E-state index in [0.717, 1.165) is 38.6 Å². The maximum Gasteiger partial charge on any atom is 0.254 e. The molecule has 1 atom stereocenters. The van der Waals surface area contributed by atoms with Crippen LogP contribution >= 0.6 is 0 Å². The van der Waals surface area contributed by atoms with Gasteiger partial charge < -0.3 is 14.4 Å². The largest absolute Gasteiger partial charge is 0.493 e. The zero-order chi connectivity index (χ0) is 19.1. The molecule has 144 valence electrons. The first-order valence-corrected chi connectivity index (χ1v) is 9.88. The number of nitrogens with zero attached hydrogens (tertiary/aromatic N) is 1. The molecular weight excluding hydrogens is 338 g/mol. The fourth-order valence-corrected chi connectivity index (χ4v) is 3.61. The number of methoxy groups -OCH3 is 1. The molecule has 1 fully saturated rings. The molecule has 1 saturated heterocycles. The van der Waals surface area contributed by atoms with E-state index in [0.29, 0.717) is 23.7 Å². The van der Waals surface area contributed by atoms with E-state index in [1.165, 1.54) is 5.56 Å². The van der Waals surface area contributed by atoms with Crippen molar-refractivity contribution in [1.29, 1.82) is 0 Å². The lowest BCUT2D eigenvalue weighted by atomic mass is 10.0. The molecule has 0 N–H and O–H groups in total. The van der Waals surface area contributed by atoms with Gasteiger partial charge in [0.05, 0.1) is 13.7 Å². The van der Waals surface area contributed by atoms with Gasteiger partial charge in [0.25, 0.3) is 5.91 Å². The van der Waals surface area contributed by atoms with Gasteiger partial charge in [0.15, 0.2) is 11.5 Å². The van der Waals surface area contributed by atoms with Crippen LogP contribution in [-0.4, -0.2) is 37.1 Å². The summed E-state index contributed by atoms with van der Waals surface area (Å²) in [4.78, 5) is 15.1. The minimum absolute atomic E-state index is 0.0758. The molecule has 1 aliphatic heterocycles. The van der Waals surface area contributed by atoms with E-state index in [4.69, 9.17) is 9.47 Å². The van der Waals surface area contributed by atoms with Gasteiger partial charge in [0, 0.05) is 18.2 Å². The number of hydrogen-bond donors (Lipinski definition) is 0. The summed E-state index contributed by atoms with van der Waals surface area (Å²) in [5, 5.41) is 0. The van der Waals surface area contributed by atoms with E-state index >= 15 is 0 Å². The Morgan fingerprint density at radius 2 is 1.96 bits per heavy atom. The molecule has 1 amide bonds. The van der Waals surface area contributed by atoms with Gasteiger partial charge >= 0.3 is 0 Å². The molecule has 27 heavy (non-hydrogen) atoms. The summed E-state index contributed by atoms with van der Waals surface area (Å²) in [5.41, 5.74) is 1.94. The number of rotatable bonds is 8. The maximum absolute atomic E-state index is 13.1. The number of unbranched alkanes of at least 4 members (excludes halogenated alkanes) is 1. The molecular formula is C23H29NO3. The monoisotopic (exact) mass is 367 g/mol. The van der Waals surface area contributed by atoms with Gasteiger partial charge in [-0.2, -0.15) is 0 Å². The highest BCUT2D eigenvalue weighted by Gasteiger charge is 2.29. The van der Waals surface area contributed by atoms with Crippen molar-refractivity contribution in [3.63, 3.8) is 0 Å². The van der Waals surface area contributed by atoms with Crippen molar-refractivity contribution in [3.8, 4) is 11.5 Å². The number of amides is 1. The van der Waals surface area contributed by atoms with E-state index in [9.17, 15) is 4.79 Å². The van der Waals surface area contributed by atoms with E-state index in [2.05, 4.69) is 31.2 Å². The van der Waals surface area contributed by atoms with Crippen LogP contribution in [-0.2, 0) is 6.42 Å². The summed E-state index contributed by atoms with van der Waals surface area (Å²) < 4.78 is 11.2. The molecule has 3 rings (SSSR count). The van der Waals surface area contributed by atoms with Gasteiger partial charge in [-0.05, 0) is 49.4 Å². The molecule has 0 spiro atoms. The van der Waals surface area contributed by atoms with Gasteiger partial charge in [0.2, 0.25) is 0 Å². The SMILES string of the molecule is CCCCOc1ccc(C(=O)N2CCCC2Cc2ccccc2)cc1OC. The zero-order valence-corrected chi connectivity index (χ0v) is 16.3. The third-order valence-electron chi connectivity index (χ3n) is 5.12. The second-order valence-electron chi connectivity index (χ2n) is 7.05. The topological polar surface area (TPSA) is 38.8 Å². The first-order chi connectivity index (χ1) is 13.2. The first-order valence-electron chi connectivity index (χ1n) is 9.88. The number of benzene rings is 2. The molecule has 0 aliphatic carbocycles. The molecule has 0 radical (unpaired) electrons. The number of carbonyl (C=O) groups is 1. The molecule has 1 heterocycles. The lowest BCUT2D eigenvalue weighted by molar-refractivity contribution is 0.0736. The summed E-state index contributed by atoms with van der Waals surface area (Å²) in [6.07, 6.45) is 5.09. The van der Waals surface area contributed by atoms with Gasteiger partial charge in [-0.3, -0.25) is 4.79 Å². The highest BCUT2D eigenvalue weighted by atomic mass is 16.5. The van der Waals surface area contributed by atoms with Gasteiger partial charge in [-0.25, -0.2) is 0 Å². The molecule has 1 aliphatic rings. The Morgan fingerprint density at radius 3 is 2.70 bits per heavy atom. The van der Waals surface area contributed by atoms with Crippen molar-refractivity contribution in [2.24, 2.45) is 0 Å². The highest BCUT2D eigenvalue weighted by Crippen LogP contribution is 2.30. The second kappa shape index (κ2) is 9.45. The molecule has 0 aromatic heterocycles. The summed E-state index contributed by atoms with van der Waals surface area (Å²) in [5.74, 6) is 1.40. The minimum atomic E-state index is 0.0758. The third-order valence-corrected chi connectivity index (χ3v) is 5.12. The van der Waals surface area contributed by atoms with E-state index in [1.807, 2.05) is 29.2 Å². The van der Waals surface area contributed by atoms with Gasteiger partial charge in [-0.15, -0.1) is 0 Å². The molecule has 4 heteroatoms. The molecule has 4 nitrogen and oxygen atoms in total.